The Kier molecular flexibility index (Phi) is 5.05. The maximum atomic E-state index is 12.4. The fourth-order valence-corrected chi connectivity index (χ4v) is 2.22. The molecule has 1 aromatic rings. The molecule has 23 heavy (non-hydrogen) atoms. The molecule has 0 saturated carbocycles. The molecular formula is C15H18N2O6. The highest BCUT2D eigenvalue weighted by atomic mass is 16.6. The van der Waals surface area contributed by atoms with Crippen LogP contribution in [0.4, 0.5) is 4.79 Å². The lowest BCUT2D eigenvalue weighted by Gasteiger charge is -2.19. The van der Waals surface area contributed by atoms with Gasteiger partial charge >= 0.3 is 12.0 Å². The number of imide groups is 1. The molecule has 1 aromatic carbocycles. The van der Waals surface area contributed by atoms with Crippen LogP contribution in [0.3, 0.4) is 0 Å². The van der Waals surface area contributed by atoms with Crippen molar-refractivity contribution in [3.63, 3.8) is 0 Å². The predicted octanol–water partition coefficient (Wildman–Crippen LogP) is 0.801. The van der Waals surface area contributed by atoms with Crippen molar-refractivity contribution in [3.05, 3.63) is 23.8 Å². The Labute approximate surface area is 133 Å². The van der Waals surface area contributed by atoms with Crippen molar-refractivity contribution in [2.24, 2.45) is 0 Å². The molecule has 1 aliphatic heterocycles. The number of hydrogen-bond donors (Lipinski definition) is 1. The fraction of sp³-hybridized carbons (Fsp3) is 0.400. The first kappa shape index (κ1) is 16.6. The third-order valence-electron chi connectivity index (χ3n) is 3.39. The summed E-state index contributed by atoms with van der Waals surface area (Å²) in [7, 11) is 2.82. The van der Waals surface area contributed by atoms with E-state index in [0.717, 1.165) is 4.90 Å². The maximum Gasteiger partial charge on any atom is 0.346 e. The predicted molar refractivity (Wildman–Crippen MR) is 79.5 cm³/mol. The number of nitrogens with one attached hydrogen (secondary N) is 1. The summed E-state index contributed by atoms with van der Waals surface area (Å²) >= 11 is 0. The number of benzene rings is 1. The lowest BCUT2D eigenvalue weighted by atomic mass is 10.1. The van der Waals surface area contributed by atoms with E-state index in [4.69, 9.17) is 14.2 Å². The molecule has 1 fully saturated rings. The Morgan fingerprint density at radius 3 is 2.30 bits per heavy atom. The van der Waals surface area contributed by atoms with Crippen LogP contribution in [-0.4, -0.2) is 56.2 Å². The molecule has 2 rings (SSSR count). The largest absolute Gasteiger partial charge is 0.496 e. The third-order valence-corrected chi connectivity index (χ3v) is 3.39. The van der Waals surface area contributed by atoms with Gasteiger partial charge in [0.15, 0.2) is 6.10 Å². The maximum absolute atomic E-state index is 12.4. The van der Waals surface area contributed by atoms with Crippen LogP contribution in [0.2, 0.25) is 0 Å². The Morgan fingerprint density at radius 2 is 1.83 bits per heavy atom. The van der Waals surface area contributed by atoms with Crippen LogP contribution in [-0.2, 0) is 9.53 Å². The number of hydrogen-bond acceptors (Lipinski definition) is 6. The van der Waals surface area contributed by atoms with Crippen molar-refractivity contribution in [2.75, 3.05) is 27.3 Å². The minimum Gasteiger partial charge on any atom is -0.496 e. The van der Waals surface area contributed by atoms with Gasteiger partial charge in [-0.3, -0.25) is 9.69 Å². The highest BCUT2D eigenvalue weighted by Gasteiger charge is 2.32. The van der Waals surface area contributed by atoms with Crippen LogP contribution in [0, 0.1) is 0 Å². The van der Waals surface area contributed by atoms with Gasteiger partial charge in [-0.15, -0.1) is 0 Å². The van der Waals surface area contributed by atoms with Crippen LogP contribution in [0.25, 0.3) is 0 Å². The van der Waals surface area contributed by atoms with Crippen molar-refractivity contribution < 1.29 is 28.6 Å². The highest BCUT2D eigenvalue weighted by Crippen LogP contribution is 2.29. The normalized spacial score (nSPS) is 14.9. The lowest BCUT2D eigenvalue weighted by molar-refractivity contribution is -0.136. The van der Waals surface area contributed by atoms with E-state index in [1.165, 1.54) is 21.1 Å². The van der Waals surface area contributed by atoms with Crippen LogP contribution in [0.5, 0.6) is 11.5 Å². The van der Waals surface area contributed by atoms with Crippen LogP contribution >= 0.6 is 0 Å². The molecule has 0 unspecified atom stereocenters. The van der Waals surface area contributed by atoms with Gasteiger partial charge in [-0.05, 0) is 19.1 Å². The summed E-state index contributed by atoms with van der Waals surface area (Å²) < 4.78 is 15.4. The monoisotopic (exact) mass is 322 g/mol. The molecule has 1 saturated heterocycles. The Hall–Kier alpha value is -2.77. The molecule has 0 aromatic heterocycles. The number of urea groups is 1. The van der Waals surface area contributed by atoms with Gasteiger partial charge in [0.25, 0.3) is 5.91 Å². The van der Waals surface area contributed by atoms with E-state index < -0.39 is 24.0 Å². The molecule has 8 heteroatoms. The first-order chi connectivity index (χ1) is 11.0. The summed E-state index contributed by atoms with van der Waals surface area (Å²) in [5.41, 5.74) is 0.0861. The molecule has 124 valence electrons. The summed E-state index contributed by atoms with van der Waals surface area (Å²) in [6.07, 6.45) is -1.11. The lowest BCUT2D eigenvalue weighted by Crippen LogP contribution is -2.41. The van der Waals surface area contributed by atoms with Gasteiger partial charge in [-0.25, -0.2) is 9.59 Å². The molecule has 1 atom stereocenters. The molecular weight excluding hydrogens is 304 g/mol. The first-order valence-corrected chi connectivity index (χ1v) is 7.00. The van der Waals surface area contributed by atoms with Crippen LogP contribution in [0.1, 0.15) is 17.3 Å². The minimum atomic E-state index is -1.11. The zero-order chi connectivity index (χ0) is 17.0. The SMILES string of the molecule is COc1cccc(OC)c1C(=O)O[C@H](C)C(=O)N1CCNC1=O. The molecule has 3 amide bonds. The molecule has 0 radical (unpaired) electrons. The topological polar surface area (TPSA) is 94.2 Å². The molecule has 0 bridgehead atoms. The Bertz CT molecular complexity index is 608. The van der Waals surface area contributed by atoms with Crippen LogP contribution in [0.15, 0.2) is 18.2 Å². The average Bonchev–Trinajstić information content (AvgIpc) is 2.98. The highest BCUT2D eigenvalue weighted by molar-refractivity contribution is 6.01. The van der Waals surface area contributed by atoms with Crippen molar-refractivity contribution in [3.8, 4) is 11.5 Å². The number of methoxy groups -OCH3 is 2. The molecule has 0 aliphatic carbocycles. The second-order valence-electron chi connectivity index (χ2n) is 4.81. The van der Waals surface area contributed by atoms with Crippen molar-refractivity contribution in [2.45, 2.75) is 13.0 Å². The van der Waals surface area contributed by atoms with E-state index in [0.29, 0.717) is 6.54 Å². The third kappa shape index (κ3) is 3.36. The smallest absolute Gasteiger partial charge is 0.346 e. The van der Waals surface area contributed by atoms with Gasteiger partial charge in [-0.2, -0.15) is 0 Å². The number of carbonyl (C=O) groups excluding carboxylic acids is 3. The second kappa shape index (κ2) is 6.99. The second-order valence-corrected chi connectivity index (χ2v) is 4.81. The number of esters is 1. The zero-order valence-corrected chi connectivity index (χ0v) is 13.1. The van der Waals surface area contributed by atoms with Gasteiger partial charge in [0, 0.05) is 13.1 Å². The van der Waals surface area contributed by atoms with Gasteiger partial charge < -0.3 is 19.5 Å². The standard InChI is InChI=1S/C15H18N2O6/c1-9(13(18)17-8-7-16-15(17)20)23-14(19)12-10(21-2)5-4-6-11(12)22-3/h4-6,9H,7-8H2,1-3H3,(H,16,20)/t9-/m1/s1. The number of ether oxygens (including phenoxy) is 3. The molecule has 8 nitrogen and oxygen atoms in total. The summed E-state index contributed by atoms with van der Waals surface area (Å²) in [5.74, 6) is -0.803. The quantitative estimate of drug-likeness (QED) is 0.806. The van der Waals surface area contributed by atoms with Gasteiger partial charge in [0.1, 0.15) is 17.1 Å². The summed E-state index contributed by atoms with van der Waals surface area (Å²) in [6.45, 7) is 2.04. The van der Waals surface area contributed by atoms with E-state index in [2.05, 4.69) is 5.32 Å². The average molecular weight is 322 g/mol. The molecule has 1 N–H and O–H groups in total. The summed E-state index contributed by atoms with van der Waals surface area (Å²) in [4.78, 5) is 37.0. The molecule has 0 spiro atoms. The number of amides is 3. The van der Waals surface area contributed by atoms with Crippen molar-refractivity contribution in [1.82, 2.24) is 10.2 Å². The molecule has 1 heterocycles. The van der Waals surface area contributed by atoms with Crippen molar-refractivity contribution >= 4 is 17.9 Å². The van der Waals surface area contributed by atoms with Crippen molar-refractivity contribution in [1.29, 1.82) is 0 Å². The van der Waals surface area contributed by atoms with Gasteiger partial charge in [-0.1, -0.05) is 6.07 Å². The fourth-order valence-electron chi connectivity index (χ4n) is 2.22. The van der Waals surface area contributed by atoms with Gasteiger partial charge in [0.2, 0.25) is 0 Å². The van der Waals surface area contributed by atoms with E-state index in [-0.39, 0.29) is 23.6 Å². The number of rotatable bonds is 5. The van der Waals surface area contributed by atoms with Gasteiger partial charge in [0.05, 0.1) is 14.2 Å². The first-order valence-electron chi connectivity index (χ1n) is 7.00. The zero-order valence-electron chi connectivity index (χ0n) is 13.1. The summed E-state index contributed by atoms with van der Waals surface area (Å²) in [6, 6.07) is 4.34. The minimum absolute atomic E-state index is 0.0861. The number of carbonyl (C=O) groups is 3. The van der Waals surface area contributed by atoms with E-state index in [1.807, 2.05) is 0 Å². The Balaban J connectivity index is 2.15. The van der Waals surface area contributed by atoms with E-state index in [9.17, 15) is 14.4 Å². The van der Waals surface area contributed by atoms with Crippen LogP contribution < -0.4 is 14.8 Å². The van der Waals surface area contributed by atoms with E-state index >= 15 is 0 Å². The molecule has 1 aliphatic rings. The number of nitrogens with zero attached hydrogens (tertiary/aromatic N) is 1. The Morgan fingerprint density at radius 1 is 1.22 bits per heavy atom. The summed E-state index contributed by atoms with van der Waals surface area (Å²) in [5, 5.41) is 2.51. The van der Waals surface area contributed by atoms with E-state index in [1.54, 1.807) is 18.2 Å².